The third-order valence-electron chi connectivity index (χ3n) is 6.52. The Labute approximate surface area is 196 Å². The predicted molar refractivity (Wildman–Crippen MR) is 118 cm³/mol. The Bertz CT molecular complexity index is 983. The molecule has 2 aromatic carbocycles. The SMILES string of the molecule is CO[C@H]1CO[C@@H](C(=O)N2CCc3ccccc3[C@@H]2c2ccc(F)cc2)C[C@@H]1NCCC(F)(F)F. The molecule has 0 radical (unpaired) electrons. The van der Waals surface area contributed by atoms with Gasteiger partial charge in [0.15, 0.2) is 0 Å². The first kappa shape index (κ1) is 24.6. The molecule has 1 amide bonds. The van der Waals surface area contributed by atoms with Crippen LogP contribution in [-0.4, -0.2) is 62.0 Å². The second-order valence-corrected chi connectivity index (χ2v) is 8.69. The molecule has 4 rings (SSSR count). The summed E-state index contributed by atoms with van der Waals surface area (Å²) in [6.07, 6.45) is -5.63. The number of benzene rings is 2. The molecule has 4 atom stereocenters. The van der Waals surface area contributed by atoms with E-state index in [-0.39, 0.29) is 31.3 Å². The highest BCUT2D eigenvalue weighted by atomic mass is 19.4. The van der Waals surface area contributed by atoms with E-state index >= 15 is 0 Å². The Morgan fingerprint density at radius 3 is 2.62 bits per heavy atom. The van der Waals surface area contributed by atoms with Gasteiger partial charge in [-0.25, -0.2) is 4.39 Å². The number of rotatable bonds is 6. The highest BCUT2D eigenvalue weighted by Crippen LogP contribution is 2.36. The molecule has 0 saturated carbocycles. The molecule has 2 aromatic rings. The van der Waals surface area contributed by atoms with Gasteiger partial charge in [0.05, 0.1) is 25.2 Å². The topological polar surface area (TPSA) is 50.8 Å². The van der Waals surface area contributed by atoms with Crippen molar-refractivity contribution in [1.82, 2.24) is 10.2 Å². The lowest BCUT2D eigenvalue weighted by atomic mass is 9.87. The lowest BCUT2D eigenvalue weighted by molar-refractivity contribution is -0.158. The van der Waals surface area contributed by atoms with E-state index < -0.39 is 36.9 Å². The quantitative estimate of drug-likeness (QED) is 0.635. The van der Waals surface area contributed by atoms with Gasteiger partial charge in [-0.3, -0.25) is 4.79 Å². The minimum atomic E-state index is -4.26. The standard InChI is InChI=1S/C25H28F4N2O3/c1-33-22-15-34-21(14-20(22)30-12-11-25(27,28)29)24(32)31-13-10-16-4-2-3-5-19(16)23(31)17-6-8-18(26)9-7-17/h2-9,20-23,30H,10-15H2,1H3/t20-,21+,22-,23-/m0/s1. The van der Waals surface area contributed by atoms with Crippen LogP contribution in [0.2, 0.25) is 0 Å². The molecule has 0 unspecified atom stereocenters. The second-order valence-electron chi connectivity index (χ2n) is 8.69. The Kier molecular flexibility index (Phi) is 7.54. The van der Waals surface area contributed by atoms with Gasteiger partial charge in [-0.15, -0.1) is 0 Å². The number of ether oxygens (including phenoxy) is 2. The van der Waals surface area contributed by atoms with Gasteiger partial charge in [0.1, 0.15) is 11.9 Å². The Morgan fingerprint density at radius 2 is 1.91 bits per heavy atom. The molecule has 0 bridgehead atoms. The van der Waals surface area contributed by atoms with Crippen molar-refractivity contribution in [2.24, 2.45) is 0 Å². The zero-order chi connectivity index (χ0) is 24.3. The molecule has 9 heteroatoms. The van der Waals surface area contributed by atoms with Crippen molar-refractivity contribution in [2.45, 2.75) is 49.7 Å². The fourth-order valence-corrected chi connectivity index (χ4v) is 4.79. The van der Waals surface area contributed by atoms with Crippen LogP contribution in [0.4, 0.5) is 17.6 Å². The van der Waals surface area contributed by atoms with Gasteiger partial charge in [0.2, 0.25) is 0 Å². The first-order chi connectivity index (χ1) is 16.3. The van der Waals surface area contributed by atoms with E-state index in [9.17, 15) is 22.4 Å². The van der Waals surface area contributed by atoms with Crippen molar-refractivity contribution in [3.63, 3.8) is 0 Å². The highest BCUT2D eigenvalue weighted by Gasteiger charge is 2.40. The van der Waals surface area contributed by atoms with E-state index in [1.54, 1.807) is 17.0 Å². The lowest BCUT2D eigenvalue weighted by Crippen LogP contribution is -2.55. The van der Waals surface area contributed by atoms with E-state index in [4.69, 9.17) is 9.47 Å². The summed E-state index contributed by atoms with van der Waals surface area (Å²) in [6.45, 7) is 0.296. The predicted octanol–water partition coefficient (Wildman–Crippen LogP) is 4.01. The minimum absolute atomic E-state index is 0.0994. The van der Waals surface area contributed by atoms with E-state index in [0.29, 0.717) is 13.0 Å². The largest absolute Gasteiger partial charge is 0.390 e. The van der Waals surface area contributed by atoms with Gasteiger partial charge in [-0.1, -0.05) is 36.4 Å². The molecule has 5 nitrogen and oxygen atoms in total. The van der Waals surface area contributed by atoms with Gasteiger partial charge in [-0.2, -0.15) is 13.2 Å². The van der Waals surface area contributed by atoms with Crippen molar-refractivity contribution >= 4 is 5.91 Å². The number of nitrogens with zero attached hydrogens (tertiary/aromatic N) is 1. The third kappa shape index (κ3) is 5.59. The van der Waals surface area contributed by atoms with Crippen molar-refractivity contribution < 1.29 is 31.8 Å². The summed E-state index contributed by atoms with van der Waals surface area (Å²) in [4.78, 5) is 15.4. The van der Waals surface area contributed by atoms with Crippen molar-refractivity contribution in [1.29, 1.82) is 0 Å². The average Bonchev–Trinajstić information content (AvgIpc) is 2.82. The van der Waals surface area contributed by atoms with Crippen LogP contribution in [0, 0.1) is 5.82 Å². The number of fused-ring (bicyclic) bond motifs is 1. The lowest BCUT2D eigenvalue weighted by Gasteiger charge is -2.42. The minimum Gasteiger partial charge on any atom is -0.377 e. The number of carbonyl (C=O) groups is 1. The number of hydrogen-bond acceptors (Lipinski definition) is 4. The van der Waals surface area contributed by atoms with Crippen LogP contribution in [-0.2, 0) is 20.7 Å². The van der Waals surface area contributed by atoms with Crippen LogP contribution in [0.1, 0.15) is 35.6 Å². The monoisotopic (exact) mass is 480 g/mol. The second kappa shape index (κ2) is 10.4. The molecular formula is C25H28F4N2O3. The molecule has 0 spiro atoms. The van der Waals surface area contributed by atoms with Crippen LogP contribution >= 0.6 is 0 Å². The molecule has 0 aromatic heterocycles. The van der Waals surface area contributed by atoms with Gasteiger partial charge in [0.25, 0.3) is 5.91 Å². The van der Waals surface area contributed by atoms with E-state index in [1.165, 1.54) is 19.2 Å². The van der Waals surface area contributed by atoms with Crippen molar-refractivity contribution in [3.05, 3.63) is 71.0 Å². The van der Waals surface area contributed by atoms with Crippen LogP contribution in [0.5, 0.6) is 0 Å². The number of carbonyl (C=O) groups excluding carboxylic acids is 1. The van der Waals surface area contributed by atoms with Gasteiger partial charge < -0.3 is 19.7 Å². The first-order valence-electron chi connectivity index (χ1n) is 11.3. The van der Waals surface area contributed by atoms with Crippen LogP contribution < -0.4 is 5.32 Å². The molecule has 2 heterocycles. The number of alkyl halides is 3. The van der Waals surface area contributed by atoms with Crippen LogP contribution in [0.15, 0.2) is 48.5 Å². The van der Waals surface area contributed by atoms with Crippen LogP contribution in [0.3, 0.4) is 0 Å². The summed E-state index contributed by atoms with van der Waals surface area (Å²) in [5.41, 5.74) is 2.88. The number of halogens is 4. The third-order valence-corrected chi connectivity index (χ3v) is 6.52. The van der Waals surface area contributed by atoms with E-state index in [1.807, 2.05) is 24.3 Å². The molecular weight excluding hydrogens is 452 g/mol. The smallest absolute Gasteiger partial charge is 0.377 e. The summed E-state index contributed by atoms with van der Waals surface area (Å²) in [6, 6.07) is 13.1. The Hall–Kier alpha value is -2.49. The van der Waals surface area contributed by atoms with Gasteiger partial charge >= 0.3 is 6.18 Å². The van der Waals surface area contributed by atoms with Crippen molar-refractivity contribution in [2.75, 3.05) is 26.8 Å². The molecule has 2 aliphatic heterocycles. The average molecular weight is 481 g/mol. The van der Waals surface area contributed by atoms with Crippen molar-refractivity contribution in [3.8, 4) is 0 Å². The first-order valence-corrected chi connectivity index (χ1v) is 11.3. The number of hydrogen-bond donors (Lipinski definition) is 1. The summed E-state index contributed by atoms with van der Waals surface area (Å²) >= 11 is 0. The molecule has 1 N–H and O–H groups in total. The summed E-state index contributed by atoms with van der Waals surface area (Å²) < 4.78 is 62.6. The van der Waals surface area contributed by atoms with E-state index in [2.05, 4.69) is 5.32 Å². The summed E-state index contributed by atoms with van der Waals surface area (Å²) in [5, 5.41) is 2.89. The Morgan fingerprint density at radius 1 is 1.18 bits per heavy atom. The van der Waals surface area contributed by atoms with Gasteiger partial charge in [0, 0.05) is 32.7 Å². The summed E-state index contributed by atoms with van der Waals surface area (Å²) in [7, 11) is 1.47. The molecule has 1 fully saturated rings. The van der Waals surface area contributed by atoms with Gasteiger partial charge in [-0.05, 0) is 35.2 Å². The zero-order valence-electron chi connectivity index (χ0n) is 18.9. The van der Waals surface area contributed by atoms with E-state index in [0.717, 1.165) is 16.7 Å². The fourth-order valence-electron chi connectivity index (χ4n) is 4.79. The maximum atomic E-state index is 13.7. The zero-order valence-corrected chi connectivity index (χ0v) is 18.9. The number of methoxy groups -OCH3 is 1. The molecule has 2 aliphatic rings. The fraction of sp³-hybridized carbons (Fsp3) is 0.480. The van der Waals surface area contributed by atoms with Crippen LogP contribution in [0.25, 0.3) is 0 Å². The molecule has 34 heavy (non-hydrogen) atoms. The maximum Gasteiger partial charge on any atom is 0.390 e. The number of amides is 1. The summed E-state index contributed by atoms with van der Waals surface area (Å²) in [5.74, 6) is -0.597. The normalized spacial score (nSPS) is 25.1. The molecule has 1 saturated heterocycles. The Balaban J connectivity index is 1.54. The number of nitrogens with one attached hydrogen (secondary N) is 1. The molecule has 0 aliphatic carbocycles. The maximum absolute atomic E-state index is 13.7. The highest BCUT2D eigenvalue weighted by molar-refractivity contribution is 5.82. The molecule has 184 valence electrons.